The van der Waals surface area contributed by atoms with E-state index in [1.54, 1.807) is 35.1 Å². The van der Waals surface area contributed by atoms with Gasteiger partial charge in [0.05, 0.1) is 6.20 Å². The molecule has 0 unspecified atom stereocenters. The van der Waals surface area contributed by atoms with Crippen LogP contribution in [0.4, 0.5) is 5.69 Å². The van der Waals surface area contributed by atoms with Crippen LogP contribution in [0.15, 0.2) is 36.7 Å². The number of aryl methyl sites for hydroxylation is 2. The van der Waals surface area contributed by atoms with E-state index in [-0.39, 0.29) is 5.78 Å². The summed E-state index contributed by atoms with van der Waals surface area (Å²) < 4.78 is 1.74. The number of aromatic nitrogens is 2. The van der Waals surface area contributed by atoms with Gasteiger partial charge < -0.3 is 5.73 Å². The molecule has 0 aliphatic rings. The molecular formula is C13H15N3O. The van der Waals surface area contributed by atoms with Gasteiger partial charge in [-0.05, 0) is 24.1 Å². The predicted octanol–water partition coefficient (Wildman–Crippen LogP) is 1.82. The summed E-state index contributed by atoms with van der Waals surface area (Å²) in [6.45, 7) is 0. The van der Waals surface area contributed by atoms with Gasteiger partial charge in [0.25, 0.3) is 0 Å². The summed E-state index contributed by atoms with van der Waals surface area (Å²) in [5.74, 6) is 0.112. The standard InChI is InChI=1S/C13H15N3O/c1-16-9-10(8-15-16)5-6-13(17)11-3-2-4-12(14)7-11/h2-4,7-9H,5-6,14H2,1H3. The number of hydrogen-bond acceptors (Lipinski definition) is 3. The number of Topliss-reactive ketones (excluding diaryl/α,β-unsaturated/α-hetero) is 1. The third-order valence-corrected chi connectivity index (χ3v) is 2.61. The molecule has 2 aromatic rings. The Balaban J connectivity index is 1.98. The molecule has 2 rings (SSSR count). The number of benzene rings is 1. The van der Waals surface area contributed by atoms with Crippen molar-refractivity contribution in [1.29, 1.82) is 0 Å². The molecule has 88 valence electrons. The molecule has 0 aliphatic heterocycles. The first kappa shape index (κ1) is 11.4. The van der Waals surface area contributed by atoms with E-state index in [0.29, 0.717) is 24.1 Å². The van der Waals surface area contributed by atoms with Crippen LogP contribution in [0.2, 0.25) is 0 Å². The number of carbonyl (C=O) groups excluding carboxylic acids is 1. The first-order valence-electron chi connectivity index (χ1n) is 5.51. The lowest BCUT2D eigenvalue weighted by atomic mass is 10.0. The fourth-order valence-electron chi connectivity index (χ4n) is 1.72. The zero-order valence-corrected chi connectivity index (χ0v) is 9.76. The Hall–Kier alpha value is -2.10. The van der Waals surface area contributed by atoms with E-state index in [1.807, 2.05) is 13.2 Å². The van der Waals surface area contributed by atoms with Crippen molar-refractivity contribution < 1.29 is 4.79 Å². The zero-order valence-electron chi connectivity index (χ0n) is 9.76. The third-order valence-electron chi connectivity index (χ3n) is 2.61. The van der Waals surface area contributed by atoms with Crippen LogP contribution >= 0.6 is 0 Å². The molecule has 0 saturated carbocycles. The van der Waals surface area contributed by atoms with E-state index in [9.17, 15) is 4.79 Å². The summed E-state index contributed by atoms with van der Waals surface area (Å²) >= 11 is 0. The van der Waals surface area contributed by atoms with Crippen LogP contribution in [-0.2, 0) is 13.5 Å². The average Bonchev–Trinajstić information content (AvgIpc) is 2.72. The van der Waals surface area contributed by atoms with Crippen LogP contribution in [0.1, 0.15) is 22.3 Å². The molecule has 0 saturated heterocycles. The number of rotatable bonds is 4. The van der Waals surface area contributed by atoms with Gasteiger partial charge in [0, 0.05) is 30.9 Å². The number of ketones is 1. The normalized spacial score (nSPS) is 10.4. The van der Waals surface area contributed by atoms with Crippen LogP contribution in [0.5, 0.6) is 0 Å². The van der Waals surface area contributed by atoms with Crippen molar-refractivity contribution in [3.8, 4) is 0 Å². The summed E-state index contributed by atoms with van der Waals surface area (Å²) in [4.78, 5) is 11.9. The Morgan fingerprint density at radius 3 is 2.94 bits per heavy atom. The topological polar surface area (TPSA) is 60.9 Å². The van der Waals surface area contributed by atoms with Gasteiger partial charge in [-0.3, -0.25) is 9.48 Å². The fraction of sp³-hybridized carbons (Fsp3) is 0.231. The van der Waals surface area contributed by atoms with Gasteiger partial charge in [0.1, 0.15) is 0 Å². The second kappa shape index (κ2) is 4.82. The van der Waals surface area contributed by atoms with E-state index in [4.69, 9.17) is 5.73 Å². The zero-order chi connectivity index (χ0) is 12.3. The fourth-order valence-corrected chi connectivity index (χ4v) is 1.72. The molecule has 0 amide bonds. The Labute approximate surface area is 100 Å². The minimum atomic E-state index is 0.112. The van der Waals surface area contributed by atoms with E-state index in [2.05, 4.69) is 5.10 Å². The van der Waals surface area contributed by atoms with Crippen LogP contribution < -0.4 is 5.73 Å². The summed E-state index contributed by atoms with van der Waals surface area (Å²) in [5.41, 5.74) is 8.01. The minimum Gasteiger partial charge on any atom is -0.399 e. The summed E-state index contributed by atoms with van der Waals surface area (Å²) in [6.07, 6.45) is 4.90. The number of nitrogens with two attached hydrogens (primary N) is 1. The highest BCUT2D eigenvalue weighted by Gasteiger charge is 2.07. The van der Waals surface area contributed by atoms with Gasteiger partial charge in [-0.25, -0.2) is 0 Å². The molecule has 2 N–H and O–H groups in total. The number of hydrogen-bond donors (Lipinski definition) is 1. The highest BCUT2D eigenvalue weighted by atomic mass is 16.1. The van der Waals surface area contributed by atoms with E-state index < -0.39 is 0 Å². The van der Waals surface area contributed by atoms with Crippen molar-refractivity contribution in [2.45, 2.75) is 12.8 Å². The monoisotopic (exact) mass is 229 g/mol. The Kier molecular flexibility index (Phi) is 3.23. The lowest BCUT2D eigenvalue weighted by Crippen LogP contribution is -2.01. The lowest BCUT2D eigenvalue weighted by molar-refractivity contribution is 0.0983. The van der Waals surface area contributed by atoms with Gasteiger partial charge in [-0.2, -0.15) is 5.10 Å². The number of nitrogen functional groups attached to an aromatic ring is 1. The van der Waals surface area contributed by atoms with Gasteiger partial charge in [-0.15, -0.1) is 0 Å². The van der Waals surface area contributed by atoms with Crippen molar-refractivity contribution in [1.82, 2.24) is 9.78 Å². The van der Waals surface area contributed by atoms with Crippen LogP contribution in [0.3, 0.4) is 0 Å². The molecule has 0 bridgehead atoms. The third kappa shape index (κ3) is 2.93. The smallest absolute Gasteiger partial charge is 0.163 e. The molecule has 1 aromatic carbocycles. The molecule has 0 radical (unpaired) electrons. The van der Waals surface area contributed by atoms with Crippen molar-refractivity contribution in [2.75, 3.05) is 5.73 Å². The summed E-state index contributed by atoms with van der Waals surface area (Å²) in [5, 5.41) is 4.07. The molecule has 1 aromatic heterocycles. The number of anilines is 1. The molecule has 0 fully saturated rings. The van der Waals surface area contributed by atoms with Crippen LogP contribution in [0, 0.1) is 0 Å². The summed E-state index contributed by atoms with van der Waals surface area (Å²) in [6, 6.07) is 7.08. The van der Waals surface area contributed by atoms with Gasteiger partial charge in [-0.1, -0.05) is 12.1 Å². The quantitative estimate of drug-likeness (QED) is 0.642. The summed E-state index contributed by atoms with van der Waals surface area (Å²) in [7, 11) is 1.86. The number of nitrogens with zero attached hydrogens (tertiary/aromatic N) is 2. The molecule has 4 nitrogen and oxygen atoms in total. The molecule has 0 spiro atoms. The lowest BCUT2D eigenvalue weighted by Gasteiger charge is -2.01. The van der Waals surface area contributed by atoms with Crippen molar-refractivity contribution in [3.63, 3.8) is 0 Å². The predicted molar refractivity (Wildman–Crippen MR) is 66.7 cm³/mol. The Morgan fingerprint density at radius 2 is 2.29 bits per heavy atom. The van der Waals surface area contributed by atoms with Crippen LogP contribution in [-0.4, -0.2) is 15.6 Å². The van der Waals surface area contributed by atoms with E-state index in [1.165, 1.54) is 0 Å². The molecule has 0 atom stereocenters. The van der Waals surface area contributed by atoms with E-state index in [0.717, 1.165) is 5.56 Å². The SMILES string of the molecule is Cn1cc(CCC(=O)c2cccc(N)c2)cn1. The second-order valence-corrected chi connectivity index (χ2v) is 4.07. The molecule has 4 heteroatoms. The molecule has 1 heterocycles. The van der Waals surface area contributed by atoms with E-state index >= 15 is 0 Å². The van der Waals surface area contributed by atoms with Crippen molar-refractivity contribution >= 4 is 11.5 Å². The molecule has 0 aliphatic carbocycles. The highest BCUT2D eigenvalue weighted by molar-refractivity contribution is 5.96. The first-order valence-corrected chi connectivity index (χ1v) is 5.51. The average molecular weight is 229 g/mol. The highest BCUT2D eigenvalue weighted by Crippen LogP contribution is 2.11. The van der Waals surface area contributed by atoms with Gasteiger partial charge in [0.15, 0.2) is 5.78 Å². The maximum atomic E-state index is 11.9. The van der Waals surface area contributed by atoms with Crippen molar-refractivity contribution in [3.05, 3.63) is 47.8 Å². The number of carbonyl (C=O) groups is 1. The Bertz CT molecular complexity index is 531. The minimum absolute atomic E-state index is 0.112. The largest absolute Gasteiger partial charge is 0.399 e. The maximum absolute atomic E-state index is 11.9. The molecular weight excluding hydrogens is 214 g/mol. The van der Waals surface area contributed by atoms with Crippen molar-refractivity contribution in [2.24, 2.45) is 7.05 Å². The van der Waals surface area contributed by atoms with Gasteiger partial charge >= 0.3 is 0 Å². The maximum Gasteiger partial charge on any atom is 0.163 e. The van der Waals surface area contributed by atoms with Crippen LogP contribution in [0.25, 0.3) is 0 Å². The second-order valence-electron chi connectivity index (χ2n) is 4.07. The first-order chi connectivity index (χ1) is 8.15. The van der Waals surface area contributed by atoms with Gasteiger partial charge in [0.2, 0.25) is 0 Å². The Morgan fingerprint density at radius 1 is 1.47 bits per heavy atom. The molecule has 17 heavy (non-hydrogen) atoms.